The molecular formula is C20H20F2N2O3. The van der Waals surface area contributed by atoms with E-state index in [0.29, 0.717) is 43.3 Å². The van der Waals surface area contributed by atoms with Crippen LogP contribution in [0.15, 0.2) is 42.5 Å². The second kappa shape index (κ2) is 8.16. The molecule has 27 heavy (non-hydrogen) atoms. The molecule has 2 aromatic rings. The molecule has 3 rings (SSSR count). The fourth-order valence-corrected chi connectivity index (χ4v) is 3.07. The molecule has 1 heterocycles. The first kappa shape index (κ1) is 18.8. The van der Waals surface area contributed by atoms with Crippen LogP contribution in [0, 0.1) is 11.6 Å². The second-order valence-corrected chi connectivity index (χ2v) is 6.39. The highest BCUT2D eigenvalue weighted by molar-refractivity contribution is 5.95. The zero-order chi connectivity index (χ0) is 19.4. The number of carbonyl (C=O) groups excluding carboxylic acids is 2. The number of benzene rings is 2. The topological polar surface area (TPSA) is 58.6 Å². The smallest absolute Gasteiger partial charge is 0.256 e. The number of hydrogen-bond acceptors (Lipinski definition) is 3. The van der Waals surface area contributed by atoms with Gasteiger partial charge in [-0.2, -0.15) is 0 Å². The Hall–Kier alpha value is -2.96. The number of likely N-dealkylation sites (tertiary alicyclic amines) is 1. The molecule has 1 fully saturated rings. The van der Waals surface area contributed by atoms with Gasteiger partial charge in [-0.1, -0.05) is 0 Å². The van der Waals surface area contributed by atoms with Crippen molar-refractivity contribution in [1.29, 1.82) is 0 Å². The summed E-state index contributed by atoms with van der Waals surface area (Å²) in [7, 11) is 1.56. The summed E-state index contributed by atoms with van der Waals surface area (Å²) in [6.07, 6.45) is 1.13. The molecule has 0 saturated carbocycles. The van der Waals surface area contributed by atoms with Gasteiger partial charge in [-0.3, -0.25) is 9.59 Å². The van der Waals surface area contributed by atoms with E-state index in [1.807, 2.05) is 0 Å². The molecule has 1 aliphatic heterocycles. The maximum Gasteiger partial charge on any atom is 0.256 e. The van der Waals surface area contributed by atoms with Crippen molar-refractivity contribution in [3.63, 3.8) is 0 Å². The number of halogens is 2. The Morgan fingerprint density at radius 1 is 1.07 bits per heavy atom. The molecule has 1 N–H and O–H groups in total. The molecule has 5 nitrogen and oxygen atoms in total. The number of amides is 2. The minimum absolute atomic E-state index is 0.0679. The summed E-state index contributed by atoms with van der Waals surface area (Å²) in [5.74, 6) is -1.57. The first-order chi connectivity index (χ1) is 13.0. The fourth-order valence-electron chi connectivity index (χ4n) is 3.07. The molecule has 142 valence electrons. The number of rotatable bonds is 4. The van der Waals surface area contributed by atoms with Crippen LogP contribution in [0.5, 0.6) is 5.75 Å². The van der Waals surface area contributed by atoms with Crippen LogP contribution in [0.25, 0.3) is 0 Å². The molecule has 0 radical (unpaired) electrons. The quantitative estimate of drug-likeness (QED) is 0.895. The van der Waals surface area contributed by atoms with Gasteiger partial charge in [0.2, 0.25) is 0 Å². The third-order valence-electron chi connectivity index (χ3n) is 4.63. The van der Waals surface area contributed by atoms with Crippen molar-refractivity contribution in [3.8, 4) is 5.75 Å². The SMILES string of the molecule is COc1ccc(C(=O)NC2CCN(C(=O)c3ccc(F)cc3F)CC2)cc1. The van der Waals surface area contributed by atoms with Crippen LogP contribution in [0.1, 0.15) is 33.6 Å². The highest BCUT2D eigenvalue weighted by Gasteiger charge is 2.26. The van der Waals surface area contributed by atoms with E-state index < -0.39 is 17.5 Å². The van der Waals surface area contributed by atoms with E-state index in [1.54, 1.807) is 31.4 Å². The van der Waals surface area contributed by atoms with Crippen molar-refractivity contribution in [2.24, 2.45) is 0 Å². The van der Waals surface area contributed by atoms with Crippen molar-refractivity contribution in [2.75, 3.05) is 20.2 Å². The van der Waals surface area contributed by atoms with E-state index in [2.05, 4.69) is 5.32 Å². The molecule has 0 aromatic heterocycles. The number of hydrogen-bond donors (Lipinski definition) is 1. The number of carbonyl (C=O) groups is 2. The van der Waals surface area contributed by atoms with Gasteiger partial charge < -0.3 is 15.0 Å². The van der Waals surface area contributed by atoms with Gasteiger partial charge in [-0.15, -0.1) is 0 Å². The van der Waals surface area contributed by atoms with Crippen LogP contribution >= 0.6 is 0 Å². The van der Waals surface area contributed by atoms with Crippen LogP contribution in [0.3, 0.4) is 0 Å². The summed E-state index contributed by atoms with van der Waals surface area (Å²) < 4.78 is 31.9. The summed E-state index contributed by atoms with van der Waals surface area (Å²) in [5.41, 5.74) is 0.389. The fraction of sp³-hybridized carbons (Fsp3) is 0.300. The first-order valence-electron chi connectivity index (χ1n) is 8.67. The van der Waals surface area contributed by atoms with Crippen molar-refractivity contribution in [2.45, 2.75) is 18.9 Å². The summed E-state index contributed by atoms with van der Waals surface area (Å²) in [4.78, 5) is 26.2. The summed E-state index contributed by atoms with van der Waals surface area (Å²) >= 11 is 0. The Balaban J connectivity index is 1.55. The Morgan fingerprint density at radius 3 is 2.33 bits per heavy atom. The normalized spacial score (nSPS) is 14.7. The van der Waals surface area contributed by atoms with Gasteiger partial charge in [0.1, 0.15) is 17.4 Å². The molecule has 0 bridgehead atoms. The third-order valence-corrected chi connectivity index (χ3v) is 4.63. The van der Waals surface area contributed by atoms with Crippen LogP contribution in [0.4, 0.5) is 8.78 Å². The molecular weight excluding hydrogens is 354 g/mol. The van der Waals surface area contributed by atoms with Crippen LogP contribution < -0.4 is 10.1 Å². The van der Waals surface area contributed by atoms with Gasteiger partial charge in [-0.05, 0) is 49.2 Å². The molecule has 1 saturated heterocycles. The molecule has 7 heteroatoms. The molecule has 1 aliphatic rings. The van der Waals surface area contributed by atoms with Crippen molar-refractivity contribution in [3.05, 3.63) is 65.2 Å². The lowest BCUT2D eigenvalue weighted by Gasteiger charge is -2.32. The number of nitrogens with zero attached hydrogens (tertiary/aromatic N) is 1. The monoisotopic (exact) mass is 374 g/mol. The molecule has 0 atom stereocenters. The average molecular weight is 374 g/mol. The number of methoxy groups -OCH3 is 1. The Bertz CT molecular complexity index is 832. The first-order valence-corrected chi connectivity index (χ1v) is 8.67. The molecule has 0 aliphatic carbocycles. The van der Waals surface area contributed by atoms with Gasteiger partial charge in [0, 0.05) is 30.8 Å². The van der Waals surface area contributed by atoms with Gasteiger partial charge >= 0.3 is 0 Å². The van der Waals surface area contributed by atoms with E-state index in [4.69, 9.17) is 4.74 Å². The van der Waals surface area contributed by atoms with Gasteiger partial charge in [0.25, 0.3) is 11.8 Å². The highest BCUT2D eigenvalue weighted by atomic mass is 19.1. The largest absolute Gasteiger partial charge is 0.497 e. The van der Waals surface area contributed by atoms with E-state index >= 15 is 0 Å². The van der Waals surface area contributed by atoms with E-state index in [9.17, 15) is 18.4 Å². The lowest BCUT2D eigenvalue weighted by atomic mass is 10.0. The maximum atomic E-state index is 13.8. The summed E-state index contributed by atoms with van der Waals surface area (Å²) in [6, 6.07) is 9.66. The van der Waals surface area contributed by atoms with Gasteiger partial charge in [0.15, 0.2) is 0 Å². The number of ether oxygens (including phenoxy) is 1. The van der Waals surface area contributed by atoms with Gasteiger partial charge in [-0.25, -0.2) is 8.78 Å². The van der Waals surface area contributed by atoms with Gasteiger partial charge in [0.05, 0.1) is 12.7 Å². The predicted octanol–water partition coefficient (Wildman–Crippen LogP) is 3.01. The van der Waals surface area contributed by atoms with Crippen molar-refractivity contribution >= 4 is 11.8 Å². The Morgan fingerprint density at radius 2 is 1.74 bits per heavy atom. The highest BCUT2D eigenvalue weighted by Crippen LogP contribution is 2.18. The molecule has 2 amide bonds. The lowest BCUT2D eigenvalue weighted by molar-refractivity contribution is 0.0693. The maximum absolute atomic E-state index is 13.8. The predicted molar refractivity (Wildman–Crippen MR) is 95.7 cm³/mol. The van der Waals surface area contributed by atoms with E-state index in [0.717, 1.165) is 12.1 Å². The standard InChI is InChI=1S/C20H20F2N2O3/c1-27-16-5-2-13(3-6-16)19(25)23-15-8-10-24(11-9-15)20(26)17-7-4-14(21)12-18(17)22/h2-7,12,15H,8-11H2,1H3,(H,23,25). The van der Waals surface area contributed by atoms with Crippen molar-refractivity contribution < 1.29 is 23.1 Å². The summed E-state index contributed by atoms with van der Waals surface area (Å²) in [5, 5.41) is 2.95. The molecule has 0 unspecified atom stereocenters. The molecule has 2 aromatic carbocycles. The second-order valence-electron chi connectivity index (χ2n) is 6.39. The van der Waals surface area contributed by atoms with Crippen molar-refractivity contribution in [1.82, 2.24) is 10.2 Å². The average Bonchev–Trinajstić information content (AvgIpc) is 2.68. The Labute approximate surface area is 155 Å². The number of nitrogens with one attached hydrogen (secondary N) is 1. The van der Waals surface area contributed by atoms with E-state index in [1.165, 1.54) is 4.90 Å². The zero-order valence-corrected chi connectivity index (χ0v) is 14.9. The number of piperidine rings is 1. The van der Waals surface area contributed by atoms with Crippen LogP contribution in [0.2, 0.25) is 0 Å². The van der Waals surface area contributed by atoms with Crippen LogP contribution in [-0.2, 0) is 0 Å². The minimum atomic E-state index is -0.866. The lowest BCUT2D eigenvalue weighted by Crippen LogP contribution is -2.46. The minimum Gasteiger partial charge on any atom is -0.497 e. The zero-order valence-electron chi connectivity index (χ0n) is 14.9. The molecule has 0 spiro atoms. The third kappa shape index (κ3) is 4.42. The van der Waals surface area contributed by atoms with Crippen LogP contribution in [-0.4, -0.2) is 43.0 Å². The Kier molecular flexibility index (Phi) is 5.69. The summed E-state index contributed by atoms with van der Waals surface area (Å²) in [6.45, 7) is 0.784. The van der Waals surface area contributed by atoms with E-state index in [-0.39, 0.29) is 17.5 Å².